The van der Waals surface area contributed by atoms with Crippen molar-refractivity contribution in [3.63, 3.8) is 0 Å². The van der Waals surface area contributed by atoms with Crippen LogP contribution in [0.5, 0.6) is 0 Å². The Kier molecular flexibility index (Phi) is 5.42. The highest BCUT2D eigenvalue weighted by Gasteiger charge is 2.22. The zero-order valence-corrected chi connectivity index (χ0v) is 11.7. The molecule has 0 bridgehead atoms. The minimum Gasteiger partial charge on any atom is -0.314 e. The Morgan fingerprint density at radius 1 is 1.50 bits per heavy atom. The summed E-state index contributed by atoms with van der Waals surface area (Å²) in [5.74, 6) is 0. The number of nitrogens with one attached hydrogen (secondary N) is 1. The first-order valence-electron chi connectivity index (χ1n) is 6.15. The van der Waals surface area contributed by atoms with Crippen LogP contribution in [-0.2, 0) is 6.42 Å². The van der Waals surface area contributed by atoms with Crippen LogP contribution in [0.15, 0.2) is 11.6 Å². The van der Waals surface area contributed by atoms with Gasteiger partial charge in [0.25, 0.3) is 0 Å². The van der Waals surface area contributed by atoms with E-state index in [9.17, 15) is 0 Å². The number of hydrogen-bond acceptors (Lipinski definition) is 3. The van der Waals surface area contributed by atoms with Crippen molar-refractivity contribution < 1.29 is 0 Å². The van der Waals surface area contributed by atoms with Crippen molar-refractivity contribution in [2.24, 2.45) is 5.41 Å². The standard InChI is InChI=1S/C13H24N2S/c1-5-6-14-11(2)9-13(3,4)10-12-15-7-8-16-12/h7-8,11,14H,5-6,9-10H2,1-4H3. The molecule has 0 aliphatic carbocycles. The number of aromatic nitrogens is 1. The Balaban J connectivity index is 2.38. The predicted molar refractivity (Wildman–Crippen MR) is 72.0 cm³/mol. The molecular formula is C13H24N2S. The molecule has 0 amide bonds. The second-order valence-electron chi connectivity index (χ2n) is 5.33. The lowest BCUT2D eigenvalue weighted by Gasteiger charge is -2.27. The van der Waals surface area contributed by atoms with Gasteiger partial charge in [-0.1, -0.05) is 20.8 Å². The fourth-order valence-electron chi connectivity index (χ4n) is 2.11. The van der Waals surface area contributed by atoms with Crippen LogP contribution < -0.4 is 5.32 Å². The van der Waals surface area contributed by atoms with Gasteiger partial charge < -0.3 is 5.32 Å². The normalized spacial score (nSPS) is 14.0. The Morgan fingerprint density at radius 2 is 2.25 bits per heavy atom. The van der Waals surface area contributed by atoms with E-state index in [1.54, 1.807) is 11.3 Å². The molecule has 0 aliphatic rings. The van der Waals surface area contributed by atoms with E-state index in [2.05, 4.69) is 43.4 Å². The van der Waals surface area contributed by atoms with Gasteiger partial charge in [0.2, 0.25) is 0 Å². The maximum absolute atomic E-state index is 4.37. The molecule has 1 unspecified atom stereocenters. The predicted octanol–water partition coefficient (Wildman–Crippen LogP) is 3.49. The molecule has 1 atom stereocenters. The molecule has 16 heavy (non-hydrogen) atoms. The SMILES string of the molecule is CCCNC(C)CC(C)(C)Cc1nccs1. The first kappa shape index (κ1) is 13.7. The molecule has 0 spiro atoms. The molecule has 0 aliphatic heterocycles. The van der Waals surface area contributed by atoms with E-state index < -0.39 is 0 Å². The van der Waals surface area contributed by atoms with Gasteiger partial charge in [-0.3, -0.25) is 0 Å². The van der Waals surface area contributed by atoms with Gasteiger partial charge in [0, 0.05) is 24.0 Å². The summed E-state index contributed by atoms with van der Waals surface area (Å²) >= 11 is 1.76. The summed E-state index contributed by atoms with van der Waals surface area (Å²) in [6.07, 6.45) is 5.39. The van der Waals surface area contributed by atoms with E-state index in [1.807, 2.05) is 6.20 Å². The molecule has 1 heterocycles. The molecule has 92 valence electrons. The number of nitrogens with zero attached hydrogens (tertiary/aromatic N) is 1. The molecule has 0 radical (unpaired) electrons. The first-order valence-corrected chi connectivity index (χ1v) is 7.03. The van der Waals surface area contributed by atoms with Crippen molar-refractivity contribution in [1.29, 1.82) is 0 Å². The Hall–Kier alpha value is -0.410. The average Bonchev–Trinajstić information content (AvgIpc) is 2.65. The fourth-order valence-corrected chi connectivity index (χ4v) is 2.99. The Morgan fingerprint density at radius 3 is 2.81 bits per heavy atom. The van der Waals surface area contributed by atoms with Crippen LogP contribution in [0.4, 0.5) is 0 Å². The van der Waals surface area contributed by atoms with E-state index in [0.717, 1.165) is 13.0 Å². The van der Waals surface area contributed by atoms with Crippen molar-refractivity contribution in [1.82, 2.24) is 10.3 Å². The van der Waals surface area contributed by atoms with Crippen LogP contribution in [0.3, 0.4) is 0 Å². The highest BCUT2D eigenvalue weighted by atomic mass is 32.1. The van der Waals surface area contributed by atoms with Gasteiger partial charge in [-0.05, 0) is 31.7 Å². The lowest BCUT2D eigenvalue weighted by atomic mass is 9.83. The molecule has 2 nitrogen and oxygen atoms in total. The quantitative estimate of drug-likeness (QED) is 0.789. The molecule has 1 aromatic heterocycles. The lowest BCUT2D eigenvalue weighted by molar-refractivity contribution is 0.287. The van der Waals surface area contributed by atoms with E-state index in [4.69, 9.17) is 0 Å². The minimum atomic E-state index is 0.331. The Bertz CT molecular complexity index is 280. The van der Waals surface area contributed by atoms with E-state index in [1.165, 1.54) is 17.8 Å². The van der Waals surface area contributed by atoms with Gasteiger partial charge in [0.05, 0.1) is 5.01 Å². The smallest absolute Gasteiger partial charge is 0.0930 e. The minimum absolute atomic E-state index is 0.331. The summed E-state index contributed by atoms with van der Waals surface area (Å²) in [7, 11) is 0. The lowest BCUT2D eigenvalue weighted by Crippen LogP contribution is -2.32. The zero-order valence-electron chi connectivity index (χ0n) is 10.9. The summed E-state index contributed by atoms with van der Waals surface area (Å²) in [4.78, 5) is 4.37. The number of rotatable bonds is 7. The highest BCUT2D eigenvalue weighted by molar-refractivity contribution is 7.09. The van der Waals surface area contributed by atoms with Gasteiger partial charge in [-0.2, -0.15) is 0 Å². The van der Waals surface area contributed by atoms with Crippen molar-refractivity contribution in [3.05, 3.63) is 16.6 Å². The number of thiazole rings is 1. The van der Waals surface area contributed by atoms with Gasteiger partial charge in [-0.25, -0.2) is 4.98 Å². The van der Waals surface area contributed by atoms with Gasteiger partial charge in [0.15, 0.2) is 0 Å². The third-order valence-electron chi connectivity index (χ3n) is 2.71. The van der Waals surface area contributed by atoms with Crippen molar-refractivity contribution in [2.45, 2.75) is 53.0 Å². The van der Waals surface area contributed by atoms with Crippen LogP contribution in [-0.4, -0.2) is 17.6 Å². The number of hydrogen-bond donors (Lipinski definition) is 1. The molecule has 0 aromatic carbocycles. The summed E-state index contributed by atoms with van der Waals surface area (Å²) in [6, 6.07) is 0.593. The van der Waals surface area contributed by atoms with Crippen molar-refractivity contribution >= 4 is 11.3 Å². The molecule has 0 fully saturated rings. The van der Waals surface area contributed by atoms with Crippen LogP contribution in [0.1, 0.15) is 45.5 Å². The van der Waals surface area contributed by atoms with Gasteiger partial charge >= 0.3 is 0 Å². The summed E-state index contributed by atoms with van der Waals surface area (Å²) < 4.78 is 0. The molecule has 1 aromatic rings. The summed E-state index contributed by atoms with van der Waals surface area (Å²) in [5, 5.41) is 6.87. The molecule has 1 rings (SSSR count). The topological polar surface area (TPSA) is 24.9 Å². The van der Waals surface area contributed by atoms with Crippen LogP contribution in [0.2, 0.25) is 0 Å². The second kappa shape index (κ2) is 6.36. The van der Waals surface area contributed by atoms with Crippen LogP contribution in [0, 0.1) is 5.41 Å². The van der Waals surface area contributed by atoms with Crippen LogP contribution >= 0.6 is 11.3 Å². The third kappa shape index (κ3) is 5.08. The maximum atomic E-state index is 4.37. The monoisotopic (exact) mass is 240 g/mol. The van der Waals surface area contributed by atoms with E-state index >= 15 is 0 Å². The zero-order chi connectivity index (χ0) is 12.0. The first-order chi connectivity index (χ1) is 7.53. The summed E-state index contributed by atoms with van der Waals surface area (Å²) in [5.41, 5.74) is 0.331. The molecule has 1 N–H and O–H groups in total. The second-order valence-corrected chi connectivity index (χ2v) is 6.31. The highest BCUT2D eigenvalue weighted by Crippen LogP contribution is 2.28. The fraction of sp³-hybridized carbons (Fsp3) is 0.769. The molecule has 0 saturated heterocycles. The van der Waals surface area contributed by atoms with Crippen LogP contribution in [0.25, 0.3) is 0 Å². The van der Waals surface area contributed by atoms with Gasteiger partial charge in [0.1, 0.15) is 0 Å². The van der Waals surface area contributed by atoms with Crippen molar-refractivity contribution in [2.75, 3.05) is 6.54 Å². The Labute approximate surface area is 103 Å². The van der Waals surface area contributed by atoms with E-state index in [-0.39, 0.29) is 0 Å². The molecule has 3 heteroatoms. The van der Waals surface area contributed by atoms with Gasteiger partial charge in [-0.15, -0.1) is 11.3 Å². The molecular weight excluding hydrogens is 216 g/mol. The van der Waals surface area contributed by atoms with E-state index in [0.29, 0.717) is 11.5 Å². The third-order valence-corrected chi connectivity index (χ3v) is 3.49. The maximum Gasteiger partial charge on any atom is 0.0930 e. The summed E-state index contributed by atoms with van der Waals surface area (Å²) in [6.45, 7) is 10.3. The average molecular weight is 240 g/mol. The molecule has 0 saturated carbocycles. The van der Waals surface area contributed by atoms with Crippen molar-refractivity contribution in [3.8, 4) is 0 Å². The largest absolute Gasteiger partial charge is 0.314 e.